The van der Waals surface area contributed by atoms with Gasteiger partial charge in [-0.3, -0.25) is 9.59 Å². The molecule has 0 radical (unpaired) electrons. The quantitative estimate of drug-likeness (QED) is 0.166. The van der Waals surface area contributed by atoms with Crippen molar-refractivity contribution in [3.63, 3.8) is 0 Å². The number of hydrogen-bond acceptors (Lipinski definition) is 6. The van der Waals surface area contributed by atoms with Crippen LogP contribution in [-0.4, -0.2) is 41.8 Å². The van der Waals surface area contributed by atoms with E-state index >= 15 is 0 Å². The molecule has 0 atom stereocenters. The van der Waals surface area contributed by atoms with Crippen molar-refractivity contribution in [2.24, 2.45) is 23.7 Å². The van der Waals surface area contributed by atoms with Crippen LogP contribution < -0.4 is 8.85 Å². The lowest BCUT2D eigenvalue weighted by Gasteiger charge is -2.49. The maximum Gasteiger partial charge on any atom is 0.310 e. The van der Waals surface area contributed by atoms with Crippen LogP contribution in [0, 0.1) is 23.7 Å². The minimum Gasteiger partial charge on any atom is -0.544 e. The fourth-order valence-electron chi connectivity index (χ4n) is 5.74. The standard InChI is InChI=1S/C38H56O6Si2/c1-37(2,3)45(7,8)43-29-19-15-27(16-20-29)31-33(35(39)41-23-25-11-12-25)32(34(31)36(40)42-24-26-13-14-26)28-17-21-30(22-18-28)44-46(9,10)38(4,5)6/h15-22,25-26,31-34H,11-14,23-24H2,1-10H3. The van der Waals surface area contributed by atoms with Gasteiger partial charge in [-0.25, -0.2) is 0 Å². The number of benzene rings is 2. The molecular formula is C38H56O6Si2. The summed E-state index contributed by atoms with van der Waals surface area (Å²) in [7, 11) is -4.04. The first-order valence-corrected chi connectivity index (χ1v) is 23.1. The third-order valence-electron chi connectivity index (χ3n) is 11.3. The zero-order valence-corrected chi connectivity index (χ0v) is 31.8. The van der Waals surface area contributed by atoms with E-state index in [1.807, 2.05) is 48.5 Å². The van der Waals surface area contributed by atoms with Crippen molar-refractivity contribution in [1.29, 1.82) is 0 Å². The summed E-state index contributed by atoms with van der Waals surface area (Å²) < 4.78 is 25.0. The monoisotopic (exact) mass is 664 g/mol. The summed E-state index contributed by atoms with van der Waals surface area (Å²) in [6.45, 7) is 23.2. The zero-order chi connectivity index (χ0) is 33.7. The second-order valence-electron chi connectivity index (χ2n) is 17.1. The van der Waals surface area contributed by atoms with Crippen molar-refractivity contribution in [2.45, 2.75) is 115 Å². The molecular weight excluding hydrogens is 609 g/mol. The minimum atomic E-state index is -2.02. The average Bonchev–Trinajstić information content (AvgIpc) is 3.86. The van der Waals surface area contributed by atoms with E-state index < -0.39 is 28.5 Å². The Morgan fingerprint density at radius 2 is 0.891 bits per heavy atom. The van der Waals surface area contributed by atoms with Gasteiger partial charge in [-0.1, -0.05) is 65.8 Å². The summed E-state index contributed by atoms with van der Waals surface area (Å²) in [6, 6.07) is 16.1. The smallest absolute Gasteiger partial charge is 0.310 e. The van der Waals surface area contributed by atoms with Crippen molar-refractivity contribution in [2.75, 3.05) is 13.2 Å². The Kier molecular flexibility index (Phi) is 9.66. The molecule has 0 unspecified atom stereocenters. The van der Waals surface area contributed by atoms with Gasteiger partial charge in [0.25, 0.3) is 0 Å². The summed E-state index contributed by atoms with van der Waals surface area (Å²) in [6.07, 6.45) is 4.41. The van der Waals surface area contributed by atoms with Crippen LogP contribution in [0.5, 0.6) is 11.5 Å². The van der Waals surface area contributed by atoms with Gasteiger partial charge >= 0.3 is 11.9 Å². The van der Waals surface area contributed by atoms with Crippen molar-refractivity contribution < 1.29 is 27.9 Å². The second-order valence-corrected chi connectivity index (χ2v) is 26.6. The summed E-state index contributed by atoms with van der Waals surface area (Å²) in [5.41, 5.74) is 1.89. The van der Waals surface area contributed by atoms with Crippen LogP contribution in [0.4, 0.5) is 0 Å². The molecule has 8 heteroatoms. The highest BCUT2D eigenvalue weighted by Crippen LogP contribution is 2.59. The maximum absolute atomic E-state index is 13.9. The van der Waals surface area contributed by atoms with Crippen LogP contribution in [0.15, 0.2) is 48.5 Å². The lowest BCUT2D eigenvalue weighted by atomic mass is 9.52. The van der Waals surface area contributed by atoms with Crippen molar-refractivity contribution in [3.05, 3.63) is 59.7 Å². The number of esters is 2. The van der Waals surface area contributed by atoms with Crippen molar-refractivity contribution in [3.8, 4) is 11.5 Å². The van der Waals surface area contributed by atoms with E-state index in [1.165, 1.54) is 0 Å². The van der Waals surface area contributed by atoms with E-state index in [2.05, 4.69) is 67.7 Å². The molecule has 0 amide bonds. The van der Waals surface area contributed by atoms with Gasteiger partial charge in [-0.05, 0) is 109 Å². The molecule has 5 rings (SSSR count). The van der Waals surface area contributed by atoms with Gasteiger partial charge in [-0.15, -0.1) is 0 Å². The van der Waals surface area contributed by atoms with Crippen LogP contribution in [0.1, 0.15) is 90.2 Å². The van der Waals surface area contributed by atoms with Gasteiger partial charge in [-0.2, -0.15) is 0 Å². The molecule has 2 aromatic rings. The molecule has 3 aliphatic rings. The van der Waals surface area contributed by atoms with E-state index in [1.54, 1.807) is 0 Å². The summed E-state index contributed by atoms with van der Waals surface area (Å²) in [4.78, 5) is 27.8. The highest BCUT2D eigenvalue weighted by molar-refractivity contribution is 6.75. The predicted octanol–water partition coefficient (Wildman–Crippen LogP) is 9.47. The molecule has 3 saturated carbocycles. The third-order valence-corrected chi connectivity index (χ3v) is 20.0. The molecule has 0 heterocycles. The van der Waals surface area contributed by atoms with Crippen molar-refractivity contribution >= 4 is 28.6 Å². The number of ether oxygens (including phenoxy) is 2. The molecule has 0 aromatic heterocycles. The lowest BCUT2D eigenvalue weighted by Crippen LogP contribution is -2.52. The number of hydrogen-bond donors (Lipinski definition) is 0. The molecule has 2 aromatic carbocycles. The molecule has 252 valence electrons. The molecule has 0 spiro atoms. The van der Waals surface area contributed by atoms with Crippen LogP contribution in [0.25, 0.3) is 0 Å². The van der Waals surface area contributed by atoms with Gasteiger partial charge < -0.3 is 18.3 Å². The Labute approximate surface area is 279 Å². The highest BCUT2D eigenvalue weighted by atomic mass is 28.4. The van der Waals surface area contributed by atoms with Gasteiger partial charge in [0.05, 0.1) is 25.0 Å². The number of carbonyl (C=O) groups is 2. The van der Waals surface area contributed by atoms with Crippen LogP contribution in [0.2, 0.25) is 36.3 Å². The third kappa shape index (κ3) is 7.75. The molecule has 0 N–H and O–H groups in total. The molecule has 3 fully saturated rings. The predicted molar refractivity (Wildman–Crippen MR) is 188 cm³/mol. The molecule has 6 nitrogen and oxygen atoms in total. The Morgan fingerprint density at radius 3 is 1.15 bits per heavy atom. The van der Waals surface area contributed by atoms with Crippen LogP contribution in [-0.2, 0) is 19.1 Å². The number of carbonyl (C=O) groups excluding carboxylic acids is 2. The normalized spacial score (nSPS) is 23.7. The average molecular weight is 665 g/mol. The SMILES string of the molecule is CC(C)(C)[Si](C)(C)Oc1ccc(C2C(C(=O)OCC3CC3)C(c3ccc(O[Si](C)(C)C(C)(C)C)cc3)C2C(=O)OCC2CC2)cc1. The Morgan fingerprint density at radius 1 is 0.587 bits per heavy atom. The maximum atomic E-state index is 13.9. The minimum absolute atomic E-state index is 0.0744. The van der Waals surface area contributed by atoms with Gasteiger partial charge in [0.15, 0.2) is 0 Å². The molecule has 0 bridgehead atoms. The fourth-order valence-corrected chi connectivity index (χ4v) is 7.80. The first kappa shape index (κ1) is 34.7. The summed E-state index contributed by atoms with van der Waals surface area (Å²) in [5.74, 6) is 0.453. The van der Waals surface area contributed by atoms with E-state index in [4.69, 9.17) is 18.3 Å². The van der Waals surface area contributed by atoms with Crippen LogP contribution in [0.3, 0.4) is 0 Å². The fraction of sp³-hybridized carbons (Fsp3) is 0.632. The zero-order valence-electron chi connectivity index (χ0n) is 29.8. The highest BCUT2D eigenvalue weighted by Gasteiger charge is 2.60. The molecule has 46 heavy (non-hydrogen) atoms. The van der Waals surface area contributed by atoms with Gasteiger partial charge in [0, 0.05) is 11.8 Å². The largest absolute Gasteiger partial charge is 0.544 e. The second kappa shape index (κ2) is 12.8. The Hall–Kier alpha value is -2.59. The van der Waals surface area contributed by atoms with Crippen molar-refractivity contribution in [1.82, 2.24) is 0 Å². The molecule has 0 aliphatic heterocycles. The van der Waals surface area contributed by atoms with E-state index in [9.17, 15) is 9.59 Å². The van der Waals surface area contributed by atoms with E-state index in [0.717, 1.165) is 48.3 Å². The lowest BCUT2D eigenvalue weighted by molar-refractivity contribution is -0.168. The van der Waals surface area contributed by atoms with E-state index in [0.29, 0.717) is 25.0 Å². The summed E-state index contributed by atoms with van der Waals surface area (Å²) in [5, 5.41) is 0.149. The van der Waals surface area contributed by atoms with Gasteiger partial charge in [0.1, 0.15) is 11.5 Å². The Balaban J connectivity index is 1.45. The topological polar surface area (TPSA) is 71.1 Å². The van der Waals surface area contributed by atoms with Gasteiger partial charge in [0.2, 0.25) is 16.6 Å². The first-order chi connectivity index (χ1) is 21.4. The van der Waals surface area contributed by atoms with Crippen LogP contribution >= 0.6 is 0 Å². The molecule has 0 saturated heterocycles. The first-order valence-electron chi connectivity index (χ1n) is 17.3. The Bertz CT molecular complexity index is 1260. The number of rotatable bonds is 12. The molecule has 3 aliphatic carbocycles. The van der Waals surface area contributed by atoms with E-state index in [-0.39, 0.29) is 33.9 Å². The summed E-state index contributed by atoms with van der Waals surface area (Å²) >= 11 is 0.